The fourth-order valence-corrected chi connectivity index (χ4v) is 2.79. The standard InChI is InChI=1S/C19H24FN3O3.ClH/c20-15-2-4-16(5-3-15)25-14-17-6-7-18(26-17)19(24)22-8-1-11-23-12-9-21-10-13-23;/h2-7,21H,1,8-14H2,(H,22,24);1H. The van der Waals surface area contributed by atoms with Crippen LogP contribution in [0.15, 0.2) is 40.8 Å². The van der Waals surface area contributed by atoms with Crippen molar-refractivity contribution in [1.29, 1.82) is 0 Å². The molecule has 0 saturated carbocycles. The molecule has 0 radical (unpaired) electrons. The summed E-state index contributed by atoms with van der Waals surface area (Å²) >= 11 is 0. The van der Waals surface area contributed by atoms with Gasteiger partial charge in [0.05, 0.1) is 0 Å². The predicted molar refractivity (Wildman–Crippen MR) is 103 cm³/mol. The Kier molecular flexibility index (Phi) is 8.57. The van der Waals surface area contributed by atoms with Crippen molar-refractivity contribution in [3.05, 3.63) is 53.7 Å². The number of carbonyl (C=O) groups is 1. The molecule has 1 aromatic heterocycles. The molecule has 0 aliphatic carbocycles. The van der Waals surface area contributed by atoms with Gasteiger partial charge in [-0.3, -0.25) is 4.79 Å². The van der Waals surface area contributed by atoms with Gasteiger partial charge in [0.25, 0.3) is 5.91 Å². The van der Waals surface area contributed by atoms with Gasteiger partial charge in [-0.25, -0.2) is 4.39 Å². The second kappa shape index (κ2) is 10.9. The zero-order valence-corrected chi connectivity index (χ0v) is 15.9. The number of nitrogens with one attached hydrogen (secondary N) is 2. The summed E-state index contributed by atoms with van der Waals surface area (Å²) in [5, 5.41) is 6.19. The van der Waals surface area contributed by atoms with Gasteiger partial charge in [0.2, 0.25) is 0 Å². The highest BCUT2D eigenvalue weighted by Gasteiger charge is 2.12. The Labute approximate surface area is 164 Å². The van der Waals surface area contributed by atoms with Crippen LogP contribution in [0.1, 0.15) is 22.7 Å². The first-order valence-corrected chi connectivity index (χ1v) is 8.89. The lowest BCUT2D eigenvalue weighted by Gasteiger charge is -2.26. The molecule has 1 aromatic carbocycles. The zero-order valence-electron chi connectivity index (χ0n) is 15.1. The Bertz CT molecular complexity index is 702. The van der Waals surface area contributed by atoms with E-state index in [-0.39, 0.29) is 36.5 Å². The highest BCUT2D eigenvalue weighted by atomic mass is 35.5. The Balaban J connectivity index is 0.00000261. The van der Waals surface area contributed by atoms with Gasteiger partial charge in [0, 0.05) is 32.7 Å². The molecule has 148 valence electrons. The summed E-state index contributed by atoms with van der Waals surface area (Å²) < 4.78 is 23.9. The number of amides is 1. The van der Waals surface area contributed by atoms with Crippen molar-refractivity contribution < 1.29 is 18.3 Å². The summed E-state index contributed by atoms with van der Waals surface area (Å²) in [6.45, 7) is 5.96. The van der Waals surface area contributed by atoms with E-state index in [1.54, 1.807) is 24.3 Å². The largest absolute Gasteiger partial charge is 0.486 e. The minimum Gasteiger partial charge on any atom is -0.486 e. The van der Waals surface area contributed by atoms with Gasteiger partial charge in [0.1, 0.15) is 23.9 Å². The summed E-state index contributed by atoms with van der Waals surface area (Å²) in [5.41, 5.74) is 0. The van der Waals surface area contributed by atoms with E-state index in [0.717, 1.165) is 39.1 Å². The maximum absolute atomic E-state index is 12.9. The maximum Gasteiger partial charge on any atom is 0.286 e. The molecule has 0 unspecified atom stereocenters. The van der Waals surface area contributed by atoms with Crippen LogP contribution in [0.5, 0.6) is 5.75 Å². The van der Waals surface area contributed by atoms with Crippen LogP contribution in [0, 0.1) is 5.82 Å². The molecule has 27 heavy (non-hydrogen) atoms. The lowest BCUT2D eigenvalue weighted by molar-refractivity contribution is 0.0919. The van der Waals surface area contributed by atoms with Crippen LogP contribution in [-0.4, -0.2) is 50.1 Å². The Morgan fingerprint density at radius 2 is 1.93 bits per heavy atom. The molecular weight excluding hydrogens is 373 g/mol. The maximum atomic E-state index is 12.9. The average molecular weight is 398 g/mol. The number of hydrogen-bond acceptors (Lipinski definition) is 5. The van der Waals surface area contributed by atoms with Crippen LogP contribution in [0.4, 0.5) is 4.39 Å². The topological polar surface area (TPSA) is 66.7 Å². The molecule has 1 saturated heterocycles. The number of furan rings is 1. The summed E-state index contributed by atoms with van der Waals surface area (Å²) in [6, 6.07) is 9.09. The first kappa shape index (κ1) is 21.2. The number of piperazine rings is 1. The lowest BCUT2D eigenvalue weighted by atomic mass is 10.3. The number of benzene rings is 1. The molecule has 2 N–H and O–H groups in total. The van der Waals surface area contributed by atoms with Crippen molar-refractivity contribution in [3.8, 4) is 5.75 Å². The van der Waals surface area contributed by atoms with E-state index >= 15 is 0 Å². The lowest BCUT2D eigenvalue weighted by Crippen LogP contribution is -2.44. The Morgan fingerprint density at radius 3 is 2.67 bits per heavy atom. The summed E-state index contributed by atoms with van der Waals surface area (Å²) in [6.07, 6.45) is 0.910. The molecule has 6 nitrogen and oxygen atoms in total. The summed E-state index contributed by atoms with van der Waals surface area (Å²) in [4.78, 5) is 14.5. The van der Waals surface area contributed by atoms with E-state index in [2.05, 4.69) is 15.5 Å². The Morgan fingerprint density at radius 1 is 1.19 bits per heavy atom. The molecule has 1 aliphatic heterocycles. The Hall–Kier alpha value is -2.09. The second-order valence-corrected chi connectivity index (χ2v) is 6.21. The van der Waals surface area contributed by atoms with Crippen LogP contribution in [-0.2, 0) is 6.61 Å². The van der Waals surface area contributed by atoms with Crippen LogP contribution >= 0.6 is 12.4 Å². The molecule has 0 bridgehead atoms. The molecule has 1 fully saturated rings. The van der Waals surface area contributed by atoms with E-state index in [9.17, 15) is 9.18 Å². The molecule has 2 aromatic rings. The monoisotopic (exact) mass is 397 g/mol. The SMILES string of the molecule is Cl.O=C(NCCCN1CCNCC1)c1ccc(COc2ccc(F)cc2)o1. The highest BCUT2D eigenvalue weighted by molar-refractivity contribution is 5.91. The van der Waals surface area contributed by atoms with E-state index in [1.807, 2.05) is 0 Å². The quantitative estimate of drug-likeness (QED) is 0.670. The minimum absolute atomic E-state index is 0. The third-order valence-corrected chi connectivity index (χ3v) is 4.23. The average Bonchev–Trinajstić information content (AvgIpc) is 3.15. The summed E-state index contributed by atoms with van der Waals surface area (Å²) in [7, 11) is 0. The van der Waals surface area contributed by atoms with Crippen molar-refractivity contribution in [3.63, 3.8) is 0 Å². The summed E-state index contributed by atoms with van der Waals surface area (Å²) in [5.74, 6) is 0.816. The third-order valence-electron chi connectivity index (χ3n) is 4.23. The number of carbonyl (C=O) groups excluding carboxylic acids is 1. The van der Waals surface area contributed by atoms with Crippen molar-refractivity contribution in [2.45, 2.75) is 13.0 Å². The van der Waals surface area contributed by atoms with Gasteiger partial charge in [-0.05, 0) is 49.4 Å². The molecule has 8 heteroatoms. The smallest absolute Gasteiger partial charge is 0.286 e. The van der Waals surface area contributed by atoms with E-state index in [4.69, 9.17) is 9.15 Å². The first-order valence-electron chi connectivity index (χ1n) is 8.89. The molecule has 2 heterocycles. The molecular formula is C19H25ClFN3O3. The number of halogens is 2. The van der Waals surface area contributed by atoms with Gasteiger partial charge in [-0.15, -0.1) is 12.4 Å². The van der Waals surface area contributed by atoms with Crippen LogP contribution in [0.25, 0.3) is 0 Å². The highest BCUT2D eigenvalue weighted by Crippen LogP contribution is 2.15. The van der Waals surface area contributed by atoms with Crippen molar-refractivity contribution in [2.24, 2.45) is 0 Å². The first-order chi connectivity index (χ1) is 12.7. The third kappa shape index (κ3) is 6.86. The molecule has 0 spiro atoms. The van der Waals surface area contributed by atoms with Crippen LogP contribution in [0.2, 0.25) is 0 Å². The molecule has 0 atom stereocenters. The fraction of sp³-hybridized carbons (Fsp3) is 0.421. The van der Waals surface area contributed by atoms with Crippen LogP contribution in [0.3, 0.4) is 0 Å². The number of nitrogens with zero attached hydrogens (tertiary/aromatic N) is 1. The van der Waals surface area contributed by atoms with Crippen LogP contribution < -0.4 is 15.4 Å². The van der Waals surface area contributed by atoms with Gasteiger partial charge in [-0.2, -0.15) is 0 Å². The van der Waals surface area contributed by atoms with Crippen molar-refractivity contribution in [1.82, 2.24) is 15.5 Å². The minimum atomic E-state index is -0.314. The number of hydrogen-bond donors (Lipinski definition) is 2. The normalized spacial score (nSPS) is 14.4. The van der Waals surface area contributed by atoms with Gasteiger partial charge in [-0.1, -0.05) is 0 Å². The number of ether oxygens (including phenoxy) is 1. The number of rotatable bonds is 8. The van der Waals surface area contributed by atoms with Gasteiger partial charge < -0.3 is 24.7 Å². The van der Waals surface area contributed by atoms with Crippen molar-refractivity contribution >= 4 is 18.3 Å². The van der Waals surface area contributed by atoms with Gasteiger partial charge >= 0.3 is 0 Å². The molecule has 3 rings (SSSR count). The van der Waals surface area contributed by atoms with E-state index < -0.39 is 0 Å². The molecule has 1 aliphatic rings. The fourth-order valence-electron chi connectivity index (χ4n) is 2.79. The predicted octanol–water partition coefficient (Wildman–Crippen LogP) is 2.44. The zero-order chi connectivity index (χ0) is 18.2. The van der Waals surface area contributed by atoms with Gasteiger partial charge in [0.15, 0.2) is 5.76 Å². The second-order valence-electron chi connectivity index (χ2n) is 6.21. The van der Waals surface area contributed by atoms with E-state index in [1.165, 1.54) is 12.1 Å². The van der Waals surface area contributed by atoms with Crippen molar-refractivity contribution in [2.75, 3.05) is 39.3 Å². The van der Waals surface area contributed by atoms with E-state index in [0.29, 0.717) is 18.1 Å². The molecule has 1 amide bonds.